The van der Waals surface area contributed by atoms with Crippen LogP contribution in [0.5, 0.6) is 0 Å². The van der Waals surface area contributed by atoms with Gasteiger partial charge in [-0.3, -0.25) is 0 Å². The smallest absolute Gasteiger partial charge is 0.340 e. The van der Waals surface area contributed by atoms with Gasteiger partial charge in [-0.05, 0) is 6.07 Å². The van der Waals surface area contributed by atoms with Crippen molar-refractivity contribution in [3.05, 3.63) is 17.8 Å². The van der Waals surface area contributed by atoms with Crippen LogP contribution in [-0.4, -0.2) is 46.7 Å². The second-order valence-electron chi connectivity index (χ2n) is 3.26. The second kappa shape index (κ2) is 6.43. The summed E-state index contributed by atoms with van der Waals surface area (Å²) in [5.74, 6) is -0.303. The molecular formula is C10H14N2O4S. The number of esters is 1. The van der Waals surface area contributed by atoms with Crippen molar-refractivity contribution in [3.63, 3.8) is 0 Å². The van der Waals surface area contributed by atoms with Gasteiger partial charge in [-0.1, -0.05) is 0 Å². The fraction of sp³-hybridized carbons (Fsp3) is 0.400. The summed E-state index contributed by atoms with van der Waals surface area (Å²) >= 11 is 1.15. The summed E-state index contributed by atoms with van der Waals surface area (Å²) in [5, 5.41) is 18.3. The normalized spacial score (nSPS) is 12.2. The van der Waals surface area contributed by atoms with Gasteiger partial charge < -0.3 is 20.7 Å². The standard InChI is InChI=1S/C10H14N2O4S/c1-16-10(15)8-2-6(11)3-12-9(8)17-5-7(14)4-13/h2-3,7,13-14H,4-5,11H2,1H3. The van der Waals surface area contributed by atoms with Crippen LogP contribution in [0.1, 0.15) is 10.4 Å². The number of pyridine rings is 1. The van der Waals surface area contributed by atoms with Crippen LogP contribution in [0.25, 0.3) is 0 Å². The summed E-state index contributed by atoms with van der Waals surface area (Å²) in [6, 6.07) is 1.46. The lowest BCUT2D eigenvalue weighted by Gasteiger charge is -2.09. The van der Waals surface area contributed by atoms with Gasteiger partial charge in [0.2, 0.25) is 0 Å². The fourth-order valence-corrected chi connectivity index (χ4v) is 1.95. The number of carbonyl (C=O) groups is 1. The quantitative estimate of drug-likeness (QED) is 0.500. The van der Waals surface area contributed by atoms with Crippen molar-refractivity contribution in [2.45, 2.75) is 11.1 Å². The number of aliphatic hydroxyl groups is 2. The molecule has 0 bridgehead atoms. The van der Waals surface area contributed by atoms with Crippen molar-refractivity contribution in [1.82, 2.24) is 4.98 Å². The van der Waals surface area contributed by atoms with Crippen LogP contribution in [0, 0.1) is 0 Å². The van der Waals surface area contributed by atoms with Crippen LogP contribution in [0.15, 0.2) is 17.3 Å². The first-order valence-electron chi connectivity index (χ1n) is 4.84. The Bertz CT molecular complexity index is 400. The zero-order valence-corrected chi connectivity index (χ0v) is 10.1. The van der Waals surface area contributed by atoms with Crippen molar-refractivity contribution in [3.8, 4) is 0 Å². The molecule has 0 aliphatic carbocycles. The molecule has 1 unspecified atom stereocenters. The number of hydrogen-bond donors (Lipinski definition) is 3. The van der Waals surface area contributed by atoms with Crippen LogP contribution in [0.2, 0.25) is 0 Å². The van der Waals surface area contributed by atoms with Gasteiger partial charge in [0.1, 0.15) is 5.03 Å². The van der Waals surface area contributed by atoms with Gasteiger partial charge in [-0.25, -0.2) is 9.78 Å². The lowest BCUT2D eigenvalue weighted by atomic mass is 10.3. The molecular weight excluding hydrogens is 244 g/mol. The number of rotatable bonds is 5. The Kier molecular flexibility index (Phi) is 5.20. The van der Waals surface area contributed by atoms with Crippen molar-refractivity contribution < 1.29 is 19.7 Å². The zero-order chi connectivity index (χ0) is 12.8. The van der Waals surface area contributed by atoms with E-state index in [1.54, 1.807) is 0 Å². The minimum Gasteiger partial charge on any atom is -0.465 e. The monoisotopic (exact) mass is 258 g/mol. The minimum atomic E-state index is -0.857. The fourth-order valence-electron chi connectivity index (χ4n) is 1.07. The van der Waals surface area contributed by atoms with Crippen molar-refractivity contribution in [1.29, 1.82) is 0 Å². The number of aliphatic hydroxyl groups excluding tert-OH is 2. The number of hydrogen-bond acceptors (Lipinski definition) is 7. The maximum atomic E-state index is 11.5. The molecule has 0 amide bonds. The summed E-state index contributed by atoms with van der Waals surface area (Å²) in [5.41, 5.74) is 6.14. The van der Waals surface area contributed by atoms with E-state index in [9.17, 15) is 9.90 Å². The van der Waals surface area contributed by atoms with Crippen molar-refractivity contribution >= 4 is 23.4 Å². The molecule has 0 fully saturated rings. The number of anilines is 1. The summed E-state index contributed by atoms with van der Waals surface area (Å²) < 4.78 is 4.61. The Labute approximate surface area is 103 Å². The summed E-state index contributed by atoms with van der Waals surface area (Å²) in [6.45, 7) is -0.338. The lowest BCUT2D eigenvalue weighted by molar-refractivity contribution is 0.0596. The van der Waals surface area contributed by atoms with Crippen LogP contribution >= 0.6 is 11.8 Å². The highest BCUT2D eigenvalue weighted by molar-refractivity contribution is 7.99. The van der Waals surface area contributed by atoms with E-state index in [4.69, 9.17) is 10.8 Å². The topological polar surface area (TPSA) is 106 Å². The number of carbonyl (C=O) groups excluding carboxylic acids is 1. The van der Waals surface area contributed by atoms with Crippen molar-refractivity contribution in [2.24, 2.45) is 0 Å². The summed E-state index contributed by atoms with van der Waals surface area (Å²) in [4.78, 5) is 15.5. The van der Waals surface area contributed by atoms with Crippen LogP contribution < -0.4 is 5.73 Å². The molecule has 1 rings (SSSR count). The zero-order valence-electron chi connectivity index (χ0n) is 9.29. The molecule has 0 aliphatic rings. The van der Waals surface area contributed by atoms with Gasteiger partial charge in [-0.2, -0.15) is 0 Å². The van der Waals surface area contributed by atoms with E-state index in [1.165, 1.54) is 19.4 Å². The van der Waals surface area contributed by atoms with Crippen LogP contribution in [-0.2, 0) is 4.74 Å². The third kappa shape index (κ3) is 3.88. The Morgan fingerprint density at radius 1 is 1.71 bits per heavy atom. The maximum absolute atomic E-state index is 11.5. The Morgan fingerprint density at radius 3 is 3.00 bits per heavy atom. The second-order valence-corrected chi connectivity index (χ2v) is 4.27. The SMILES string of the molecule is COC(=O)c1cc(N)cnc1SCC(O)CO. The molecule has 7 heteroatoms. The van der Waals surface area contributed by atoms with Gasteiger partial charge in [0.25, 0.3) is 0 Å². The predicted octanol–water partition coefficient (Wildman–Crippen LogP) is -0.104. The average molecular weight is 258 g/mol. The third-order valence-electron chi connectivity index (χ3n) is 1.90. The molecule has 1 aromatic rings. The largest absolute Gasteiger partial charge is 0.465 e. The number of nitrogen functional groups attached to an aromatic ring is 1. The number of ether oxygens (including phenoxy) is 1. The lowest BCUT2D eigenvalue weighted by Crippen LogP contribution is -2.15. The van der Waals surface area contributed by atoms with E-state index >= 15 is 0 Å². The first-order chi connectivity index (χ1) is 8.08. The molecule has 0 radical (unpaired) electrons. The van der Waals surface area contributed by atoms with Gasteiger partial charge in [-0.15, -0.1) is 11.8 Å². The summed E-state index contributed by atoms with van der Waals surface area (Å²) in [6.07, 6.45) is 0.560. The number of nitrogens with zero attached hydrogens (tertiary/aromatic N) is 1. The van der Waals surface area contributed by atoms with Gasteiger partial charge in [0, 0.05) is 5.75 Å². The van der Waals surface area contributed by atoms with E-state index in [2.05, 4.69) is 9.72 Å². The molecule has 0 aliphatic heterocycles. The Balaban J connectivity index is 2.86. The molecule has 6 nitrogen and oxygen atoms in total. The van der Waals surface area contributed by atoms with E-state index in [0.717, 1.165) is 11.8 Å². The first-order valence-corrected chi connectivity index (χ1v) is 5.82. The highest BCUT2D eigenvalue weighted by atomic mass is 32.2. The van der Waals surface area contributed by atoms with Gasteiger partial charge in [0.15, 0.2) is 0 Å². The van der Waals surface area contributed by atoms with E-state index in [0.29, 0.717) is 10.7 Å². The molecule has 1 atom stereocenters. The molecule has 1 aromatic heterocycles. The third-order valence-corrected chi connectivity index (χ3v) is 3.05. The number of aromatic nitrogens is 1. The highest BCUT2D eigenvalue weighted by Crippen LogP contribution is 2.23. The van der Waals surface area contributed by atoms with E-state index < -0.39 is 12.1 Å². The Hall–Kier alpha value is -1.31. The molecule has 17 heavy (non-hydrogen) atoms. The number of thioether (sulfide) groups is 1. The molecule has 94 valence electrons. The minimum absolute atomic E-state index is 0.234. The maximum Gasteiger partial charge on any atom is 0.340 e. The highest BCUT2D eigenvalue weighted by Gasteiger charge is 2.15. The first kappa shape index (κ1) is 13.8. The number of nitrogens with two attached hydrogens (primary N) is 1. The molecule has 4 N–H and O–H groups in total. The molecule has 0 spiro atoms. The van der Waals surface area contributed by atoms with Crippen LogP contribution in [0.4, 0.5) is 5.69 Å². The van der Waals surface area contributed by atoms with Gasteiger partial charge in [0.05, 0.1) is 37.3 Å². The van der Waals surface area contributed by atoms with Gasteiger partial charge >= 0.3 is 5.97 Å². The van der Waals surface area contributed by atoms with E-state index in [1.807, 2.05) is 0 Å². The molecule has 0 saturated carbocycles. The average Bonchev–Trinajstić information content (AvgIpc) is 2.35. The predicted molar refractivity (Wildman–Crippen MR) is 63.8 cm³/mol. The number of methoxy groups -OCH3 is 1. The molecule has 0 aromatic carbocycles. The summed E-state index contributed by atoms with van der Waals surface area (Å²) in [7, 11) is 1.27. The van der Waals surface area contributed by atoms with Crippen LogP contribution in [0.3, 0.4) is 0 Å². The Morgan fingerprint density at radius 2 is 2.41 bits per heavy atom. The van der Waals surface area contributed by atoms with Crippen molar-refractivity contribution in [2.75, 3.05) is 25.2 Å². The van der Waals surface area contributed by atoms with E-state index in [-0.39, 0.29) is 17.9 Å². The molecule has 0 saturated heterocycles. The molecule has 1 heterocycles.